The van der Waals surface area contributed by atoms with Gasteiger partial charge >= 0.3 is 0 Å². The first-order valence-electron chi connectivity index (χ1n) is 43.2. The van der Waals surface area contributed by atoms with Gasteiger partial charge in [0.05, 0.1) is 37.2 Å². The highest BCUT2D eigenvalue weighted by molar-refractivity contribution is 5.93. The molecule has 116 heavy (non-hydrogen) atoms. The summed E-state index contributed by atoms with van der Waals surface area (Å²) >= 11 is 0. The Labute approximate surface area is 687 Å². The molecule has 4 N–H and O–H groups in total. The first kappa shape index (κ1) is 79.8. The minimum atomic E-state index is -0.992. The monoisotopic (exact) mass is 1560 g/mol. The van der Waals surface area contributed by atoms with Crippen molar-refractivity contribution in [2.45, 2.75) is 258 Å². The van der Waals surface area contributed by atoms with Crippen molar-refractivity contribution in [2.24, 2.45) is 0 Å². The molecule has 0 aliphatic carbocycles. The quantitative estimate of drug-likeness (QED) is 0.0916. The van der Waals surface area contributed by atoms with Crippen LogP contribution in [-0.2, 0) is 83.3 Å². The van der Waals surface area contributed by atoms with Crippen molar-refractivity contribution < 1.29 is 20.4 Å². The lowest BCUT2D eigenvalue weighted by molar-refractivity contribution is 0.0361. The SMILES string of the molecule is Cc1cc(C)c2c(c1)c1c(n2CC(C)(O)c2cccnc2)C(C)(C)CN2CCCC12.Cc1cc(C)c2c(c1)c1c(n2CC(C)(O)c2cccnc2)CCN2CCCC12C.Cc1ccc2c(c1)c1c(n2CC(C)(O)c2cccnc2)C(C)(C)CN2CCCC12.Cc1ccc2c(c1)c1c(n2CC(C)(O)c2cccnc2)CCN2CCCC12C. The molecule has 8 aromatic heterocycles. The Bertz CT molecular complexity index is 5690. The van der Waals surface area contributed by atoms with E-state index in [4.69, 9.17) is 0 Å². The van der Waals surface area contributed by atoms with E-state index < -0.39 is 22.4 Å². The van der Waals surface area contributed by atoms with Crippen LogP contribution in [0.2, 0.25) is 0 Å². The van der Waals surface area contributed by atoms with Crippen LogP contribution in [-0.4, -0.2) is 131 Å². The maximum atomic E-state index is 11.6. The summed E-state index contributed by atoms with van der Waals surface area (Å²) in [5.41, 5.74) is 24.4. The summed E-state index contributed by atoms with van der Waals surface area (Å²) in [6.07, 6.45) is 26.2. The van der Waals surface area contributed by atoms with Crippen LogP contribution in [0.5, 0.6) is 0 Å². The van der Waals surface area contributed by atoms with Crippen molar-refractivity contribution in [1.29, 1.82) is 0 Å². The largest absolute Gasteiger partial charge is 0.384 e. The predicted molar refractivity (Wildman–Crippen MR) is 468 cm³/mol. The minimum absolute atomic E-state index is 0.0283. The number of benzene rings is 4. The number of aryl methyl sites for hydroxylation is 6. The highest BCUT2D eigenvalue weighted by Crippen LogP contribution is 2.55. The van der Waals surface area contributed by atoms with Crippen LogP contribution in [0.25, 0.3) is 43.6 Å². The Balaban J connectivity index is 0.000000111. The highest BCUT2D eigenvalue weighted by Gasteiger charge is 2.50. The van der Waals surface area contributed by atoms with Gasteiger partial charge in [-0.1, -0.05) is 98.5 Å². The second-order valence-corrected chi connectivity index (χ2v) is 38.8. The van der Waals surface area contributed by atoms with Gasteiger partial charge in [0, 0.05) is 211 Å². The van der Waals surface area contributed by atoms with Crippen LogP contribution in [0, 0.1) is 41.5 Å². The fourth-order valence-electron chi connectivity index (χ4n) is 23.4. The Morgan fingerprint density at radius 2 is 0.759 bits per heavy atom. The number of fused-ring (bicyclic) bond motifs is 20. The topological polar surface area (TPSA) is 165 Å². The highest BCUT2D eigenvalue weighted by atomic mass is 16.3. The fourth-order valence-corrected chi connectivity index (χ4v) is 23.4. The van der Waals surface area contributed by atoms with E-state index in [1.54, 1.807) is 49.6 Å². The molecule has 8 unspecified atom stereocenters. The number of nitrogens with zero attached hydrogens (tertiary/aromatic N) is 12. The van der Waals surface area contributed by atoms with Crippen molar-refractivity contribution in [2.75, 3.05) is 52.4 Å². The van der Waals surface area contributed by atoms with Gasteiger partial charge < -0.3 is 38.7 Å². The van der Waals surface area contributed by atoms with Crippen LogP contribution in [0.15, 0.2) is 159 Å². The normalized spacial score (nSPS) is 23.4. The zero-order valence-electron chi connectivity index (χ0n) is 71.9. The van der Waals surface area contributed by atoms with Gasteiger partial charge in [-0.2, -0.15) is 0 Å². The van der Waals surface area contributed by atoms with Crippen molar-refractivity contribution >= 4 is 43.6 Å². The van der Waals surface area contributed by atoms with E-state index in [0.29, 0.717) is 38.3 Å². The summed E-state index contributed by atoms with van der Waals surface area (Å²) in [6.45, 7) is 46.4. The van der Waals surface area contributed by atoms with E-state index in [-0.39, 0.29) is 21.9 Å². The molecule has 608 valence electrons. The predicted octanol–water partition coefficient (Wildman–Crippen LogP) is 18.2. The summed E-state index contributed by atoms with van der Waals surface area (Å²) in [5.74, 6) is 0. The first-order chi connectivity index (χ1) is 55.2. The summed E-state index contributed by atoms with van der Waals surface area (Å²) in [7, 11) is 0. The van der Waals surface area contributed by atoms with Gasteiger partial charge in [-0.15, -0.1) is 0 Å². The molecule has 0 bridgehead atoms. The van der Waals surface area contributed by atoms with Gasteiger partial charge in [0.25, 0.3) is 0 Å². The van der Waals surface area contributed by atoms with E-state index in [2.05, 4.69) is 202 Å². The Morgan fingerprint density at radius 3 is 1.22 bits per heavy atom. The van der Waals surface area contributed by atoms with Crippen molar-refractivity contribution in [1.82, 2.24) is 57.8 Å². The smallest absolute Gasteiger partial charge is 0.106 e. The molecule has 4 fully saturated rings. The molecule has 20 rings (SSSR count). The summed E-state index contributed by atoms with van der Waals surface area (Å²) in [6, 6.07) is 39.4. The summed E-state index contributed by atoms with van der Waals surface area (Å²) < 4.78 is 9.67. The van der Waals surface area contributed by atoms with Gasteiger partial charge in [-0.25, -0.2) is 0 Å². The standard InChI is InChI=1S/C26H33N3O.2C25H31N3O.C24H29N3O/c1-17-12-18(2)23-20(13-17)22-21-9-7-11-28(21)15-25(3,4)24(22)29(23)16-26(5,30)19-8-6-10-27-14-19;1-17-13-18(2)23-20(14-17)22-21(8-12-27-11-6-9-24(22,27)3)28(23)16-25(4,29)19-7-5-10-26-15-19;1-17-9-10-20-19(13-17)22-21-8-6-12-27(21)15-24(2,3)23(22)28(20)16-25(4,29)18-7-5-11-26-14-18;1-17-7-8-20-19(14-17)22-21(9-13-26-12-5-10-23(22,26)2)27(20)16-24(3,28)18-6-4-11-25-15-18/h6,8,10,12-14,21,30H,7,9,11,15-16H2,1-5H3;5,7,10,13-15,29H,6,8-9,11-12,16H2,1-4H3;5,7,9-11,13-14,21,29H,6,8,12,15-16H2,1-4H3;4,6-8,11,14-15,28H,5,9-10,12-13,16H2,1-3H3. The second kappa shape index (κ2) is 29.7. The van der Waals surface area contributed by atoms with E-state index >= 15 is 0 Å². The van der Waals surface area contributed by atoms with E-state index in [0.717, 1.165) is 61.3 Å². The maximum absolute atomic E-state index is 11.6. The third kappa shape index (κ3) is 13.9. The zero-order chi connectivity index (χ0) is 81.6. The lowest BCUT2D eigenvalue weighted by atomic mass is 9.79. The van der Waals surface area contributed by atoms with E-state index in [1.807, 2.05) is 76.2 Å². The van der Waals surface area contributed by atoms with Crippen LogP contribution in [0.1, 0.15) is 233 Å². The molecule has 8 aliphatic heterocycles. The maximum Gasteiger partial charge on any atom is 0.106 e. The van der Waals surface area contributed by atoms with Crippen molar-refractivity contribution in [3.8, 4) is 0 Å². The lowest BCUT2D eigenvalue weighted by Gasteiger charge is -2.42. The molecule has 0 radical (unpaired) electrons. The molecular formula is C100H124N12O4. The van der Waals surface area contributed by atoms with E-state index in [1.165, 1.54) is 200 Å². The number of aromatic nitrogens is 8. The lowest BCUT2D eigenvalue weighted by Crippen LogP contribution is -2.44. The van der Waals surface area contributed by atoms with Gasteiger partial charge in [-0.05, 0) is 244 Å². The van der Waals surface area contributed by atoms with Gasteiger partial charge in [-0.3, -0.25) is 39.5 Å². The second-order valence-electron chi connectivity index (χ2n) is 38.8. The average Bonchev–Trinajstić information content (AvgIpc) is 1.57. The molecule has 16 heterocycles. The average molecular weight is 1560 g/mol. The van der Waals surface area contributed by atoms with Crippen LogP contribution < -0.4 is 0 Å². The number of hydrogen-bond acceptors (Lipinski definition) is 12. The first-order valence-corrected chi connectivity index (χ1v) is 43.2. The van der Waals surface area contributed by atoms with Crippen LogP contribution >= 0.6 is 0 Å². The molecule has 16 heteroatoms. The zero-order valence-corrected chi connectivity index (χ0v) is 71.9. The Kier molecular flexibility index (Phi) is 20.4. The third-order valence-electron chi connectivity index (χ3n) is 28.5. The number of aliphatic hydroxyl groups is 4. The molecule has 0 saturated carbocycles. The minimum Gasteiger partial charge on any atom is -0.384 e. The Morgan fingerprint density at radius 1 is 0.388 bits per heavy atom. The van der Waals surface area contributed by atoms with Crippen LogP contribution in [0.3, 0.4) is 0 Å². The Hall–Kier alpha value is -8.68. The van der Waals surface area contributed by atoms with Crippen molar-refractivity contribution in [3.63, 3.8) is 0 Å². The van der Waals surface area contributed by atoms with Gasteiger partial charge in [0.2, 0.25) is 0 Å². The third-order valence-corrected chi connectivity index (χ3v) is 28.5. The molecule has 8 aliphatic rings. The molecule has 4 aromatic carbocycles. The van der Waals surface area contributed by atoms with Crippen LogP contribution in [0.4, 0.5) is 0 Å². The molecule has 16 nitrogen and oxygen atoms in total. The molecule has 8 atom stereocenters. The van der Waals surface area contributed by atoms with Gasteiger partial charge in [0.15, 0.2) is 0 Å². The molecule has 0 spiro atoms. The van der Waals surface area contributed by atoms with Crippen molar-refractivity contribution in [3.05, 3.63) is 259 Å². The van der Waals surface area contributed by atoms with E-state index in [9.17, 15) is 20.4 Å². The molecule has 0 amide bonds. The number of pyridine rings is 4. The number of hydrogen-bond donors (Lipinski definition) is 4. The molecule has 12 aromatic rings. The summed E-state index contributed by atoms with van der Waals surface area (Å²) in [5, 5.41) is 51.3. The summed E-state index contributed by atoms with van der Waals surface area (Å²) in [4.78, 5) is 27.7. The molecule has 4 saturated heterocycles. The molecular weight excluding hydrogens is 1430 g/mol. The fraction of sp³-hybridized carbons (Fsp3) is 0.480. The van der Waals surface area contributed by atoms with Gasteiger partial charge in [0.1, 0.15) is 22.4 Å². The number of rotatable bonds is 12.